The molecule has 0 unspecified atom stereocenters. The normalized spacial score (nSPS) is 19.3. The largest absolute Gasteiger partial charge is 0.491 e. The summed E-state index contributed by atoms with van der Waals surface area (Å²) in [6, 6.07) is 7.26. The fourth-order valence-corrected chi connectivity index (χ4v) is 2.31. The summed E-state index contributed by atoms with van der Waals surface area (Å²) in [6.07, 6.45) is 3.35. The topological polar surface area (TPSA) is 59.6 Å². The van der Waals surface area contributed by atoms with E-state index in [0.717, 1.165) is 43.9 Å². The van der Waals surface area contributed by atoms with E-state index in [1.165, 1.54) is 0 Å². The maximum Gasteiger partial charge on any atom is 0.319 e. The zero-order valence-corrected chi connectivity index (χ0v) is 13.4. The van der Waals surface area contributed by atoms with E-state index in [1.54, 1.807) is 0 Å². The summed E-state index contributed by atoms with van der Waals surface area (Å²) < 4.78 is 11.1. The number of nitrogens with one attached hydrogen (secondary N) is 2. The molecule has 1 aromatic rings. The Morgan fingerprint density at radius 3 is 2.82 bits per heavy atom. The summed E-state index contributed by atoms with van der Waals surface area (Å²) in [4.78, 5) is 11.9. The van der Waals surface area contributed by atoms with E-state index in [0.29, 0.717) is 12.5 Å². The van der Waals surface area contributed by atoms with E-state index in [-0.39, 0.29) is 12.1 Å². The molecule has 1 aromatic carbocycles. The van der Waals surface area contributed by atoms with Gasteiger partial charge in [-0.2, -0.15) is 0 Å². The number of carbonyl (C=O) groups excluding carboxylic acids is 1. The van der Waals surface area contributed by atoms with Gasteiger partial charge in [-0.3, -0.25) is 0 Å². The first-order valence-corrected chi connectivity index (χ1v) is 8.06. The first-order valence-electron chi connectivity index (χ1n) is 8.06. The molecule has 5 nitrogen and oxygen atoms in total. The number of anilines is 1. The van der Waals surface area contributed by atoms with Gasteiger partial charge < -0.3 is 20.1 Å². The summed E-state index contributed by atoms with van der Waals surface area (Å²) in [5, 5.41) is 5.73. The highest BCUT2D eigenvalue weighted by atomic mass is 16.5. The molecule has 0 radical (unpaired) electrons. The van der Waals surface area contributed by atoms with Crippen LogP contribution in [-0.4, -0.2) is 31.9 Å². The van der Waals surface area contributed by atoms with Crippen molar-refractivity contribution in [1.29, 1.82) is 0 Å². The van der Waals surface area contributed by atoms with Gasteiger partial charge >= 0.3 is 6.03 Å². The number of ether oxygens (including phenoxy) is 2. The molecule has 2 N–H and O–H groups in total. The van der Waals surface area contributed by atoms with Crippen LogP contribution in [0.1, 0.15) is 33.1 Å². The predicted octanol–water partition coefficient (Wildman–Crippen LogP) is 3.41. The third kappa shape index (κ3) is 5.56. The molecule has 2 atom stereocenters. The number of hydrogen-bond donors (Lipinski definition) is 2. The van der Waals surface area contributed by atoms with E-state index < -0.39 is 0 Å². The molecule has 5 heteroatoms. The smallest absolute Gasteiger partial charge is 0.319 e. The fraction of sp³-hybridized carbons (Fsp3) is 0.588. The van der Waals surface area contributed by atoms with Crippen molar-refractivity contribution in [3.63, 3.8) is 0 Å². The van der Waals surface area contributed by atoms with E-state index in [2.05, 4.69) is 17.6 Å². The maximum absolute atomic E-state index is 11.9. The molecule has 1 fully saturated rings. The lowest BCUT2D eigenvalue weighted by Crippen LogP contribution is -2.35. The van der Waals surface area contributed by atoms with Crippen LogP contribution >= 0.6 is 0 Å². The molecule has 2 amide bonds. The van der Waals surface area contributed by atoms with Crippen molar-refractivity contribution < 1.29 is 14.3 Å². The lowest BCUT2D eigenvalue weighted by atomic mass is 10.0. The van der Waals surface area contributed by atoms with Crippen molar-refractivity contribution >= 4 is 11.7 Å². The van der Waals surface area contributed by atoms with Crippen LogP contribution in [-0.2, 0) is 4.74 Å². The second-order valence-corrected chi connectivity index (χ2v) is 5.78. The molecule has 0 spiro atoms. The Labute approximate surface area is 132 Å². The van der Waals surface area contributed by atoms with Gasteiger partial charge in [-0.15, -0.1) is 0 Å². The van der Waals surface area contributed by atoms with Crippen LogP contribution in [0.2, 0.25) is 0 Å². The number of urea groups is 1. The molecule has 1 saturated heterocycles. The van der Waals surface area contributed by atoms with E-state index in [1.807, 2.05) is 31.2 Å². The summed E-state index contributed by atoms with van der Waals surface area (Å²) in [5.74, 6) is 1.24. The van der Waals surface area contributed by atoms with Crippen molar-refractivity contribution in [1.82, 2.24) is 5.32 Å². The number of rotatable bonds is 6. The minimum atomic E-state index is -0.179. The lowest BCUT2D eigenvalue weighted by Gasteiger charge is -2.22. The van der Waals surface area contributed by atoms with Gasteiger partial charge in [0.1, 0.15) is 5.75 Å². The number of carbonyl (C=O) groups is 1. The molecular weight excluding hydrogens is 280 g/mol. The van der Waals surface area contributed by atoms with Gasteiger partial charge in [0.05, 0.1) is 12.7 Å². The molecule has 22 heavy (non-hydrogen) atoms. The quantitative estimate of drug-likeness (QED) is 0.846. The monoisotopic (exact) mass is 306 g/mol. The molecule has 1 aliphatic rings. The summed E-state index contributed by atoms with van der Waals surface area (Å²) in [7, 11) is 0. The SMILES string of the molecule is CC[C@H](C)Oc1ccc(NC(=O)NC[C@H]2CCCOC2)cc1. The molecular formula is C17H26N2O3. The number of hydrogen-bond acceptors (Lipinski definition) is 3. The minimum Gasteiger partial charge on any atom is -0.491 e. The third-order valence-corrected chi connectivity index (χ3v) is 3.83. The average Bonchev–Trinajstić information content (AvgIpc) is 2.55. The maximum atomic E-state index is 11.9. The number of amides is 2. The van der Waals surface area contributed by atoms with Crippen LogP contribution in [0.25, 0.3) is 0 Å². The zero-order valence-electron chi connectivity index (χ0n) is 13.4. The highest BCUT2D eigenvalue weighted by Crippen LogP contribution is 2.17. The van der Waals surface area contributed by atoms with Crippen LogP contribution in [0.3, 0.4) is 0 Å². The molecule has 0 aliphatic carbocycles. The van der Waals surface area contributed by atoms with Crippen molar-refractivity contribution in [3.05, 3.63) is 24.3 Å². The Kier molecular flexibility index (Phi) is 6.52. The minimum absolute atomic E-state index is 0.179. The van der Waals surface area contributed by atoms with E-state index in [9.17, 15) is 4.79 Å². The third-order valence-electron chi connectivity index (χ3n) is 3.83. The van der Waals surface area contributed by atoms with Crippen LogP contribution in [0.15, 0.2) is 24.3 Å². The highest BCUT2D eigenvalue weighted by molar-refractivity contribution is 5.89. The zero-order chi connectivity index (χ0) is 15.8. The van der Waals surface area contributed by atoms with Crippen molar-refractivity contribution in [2.75, 3.05) is 25.1 Å². The molecule has 0 saturated carbocycles. The fourth-order valence-electron chi connectivity index (χ4n) is 2.31. The molecule has 2 rings (SSSR count). The number of benzene rings is 1. The first kappa shape index (κ1) is 16.6. The first-order chi connectivity index (χ1) is 10.7. The average molecular weight is 306 g/mol. The molecule has 0 aromatic heterocycles. The summed E-state index contributed by atoms with van der Waals surface area (Å²) in [5.41, 5.74) is 0.758. The summed E-state index contributed by atoms with van der Waals surface area (Å²) >= 11 is 0. The lowest BCUT2D eigenvalue weighted by molar-refractivity contribution is 0.0559. The van der Waals surface area contributed by atoms with E-state index >= 15 is 0 Å². The Morgan fingerprint density at radius 1 is 1.41 bits per heavy atom. The van der Waals surface area contributed by atoms with Gasteiger partial charge in [-0.05, 0) is 56.4 Å². The van der Waals surface area contributed by atoms with Gasteiger partial charge in [0.2, 0.25) is 0 Å². The molecule has 0 bridgehead atoms. The van der Waals surface area contributed by atoms with Gasteiger partial charge in [-0.25, -0.2) is 4.79 Å². The Bertz CT molecular complexity index is 455. The van der Waals surface area contributed by atoms with E-state index in [4.69, 9.17) is 9.47 Å². The standard InChI is InChI=1S/C17H26N2O3/c1-3-13(2)22-16-8-6-15(7-9-16)19-17(20)18-11-14-5-4-10-21-12-14/h6-9,13-14H,3-5,10-12H2,1-2H3,(H2,18,19,20)/t13-,14+/m0/s1. The van der Waals surface area contributed by atoms with Crippen molar-refractivity contribution in [2.45, 2.75) is 39.2 Å². The highest BCUT2D eigenvalue weighted by Gasteiger charge is 2.14. The van der Waals surface area contributed by atoms with Gasteiger partial charge in [0.25, 0.3) is 0 Å². The predicted molar refractivity (Wildman–Crippen MR) is 87.4 cm³/mol. The Morgan fingerprint density at radius 2 is 2.18 bits per heavy atom. The van der Waals surface area contributed by atoms with Gasteiger partial charge in [0.15, 0.2) is 0 Å². The van der Waals surface area contributed by atoms with Crippen LogP contribution in [0.4, 0.5) is 10.5 Å². The second-order valence-electron chi connectivity index (χ2n) is 5.78. The van der Waals surface area contributed by atoms with Crippen LogP contribution in [0.5, 0.6) is 5.75 Å². The Balaban J connectivity index is 1.73. The second kappa shape index (κ2) is 8.63. The van der Waals surface area contributed by atoms with Crippen molar-refractivity contribution in [3.8, 4) is 5.75 Å². The van der Waals surface area contributed by atoms with Crippen molar-refractivity contribution in [2.24, 2.45) is 5.92 Å². The molecule has 1 heterocycles. The summed E-state index contributed by atoms with van der Waals surface area (Å²) in [6.45, 7) is 6.35. The van der Waals surface area contributed by atoms with Gasteiger partial charge in [-0.1, -0.05) is 6.92 Å². The van der Waals surface area contributed by atoms with Gasteiger partial charge in [0, 0.05) is 18.8 Å². The van der Waals surface area contributed by atoms with Crippen LogP contribution < -0.4 is 15.4 Å². The van der Waals surface area contributed by atoms with Crippen LogP contribution in [0, 0.1) is 5.92 Å². The Hall–Kier alpha value is -1.75. The molecule has 1 aliphatic heterocycles. The molecule has 122 valence electrons.